The van der Waals surface area contributed by atoms with Gasteiger partial charge in [0.2, 0.25) is 0 Å². The minimum absolute atomic E-state index is 0.122. The molecule has 2 atom stereocenters. The quantitative estimate of drug-likeness (QED) is 0.645. The van der Waals surface area contributed by atoms with Gasteiger partial charge in [-0.25, -0.2) is 8.42 Å². The third-order valence-corrected chi connectivity index (χ3v) is 7.94. The van der Waals surface area contributed by atoms with Gasteiger partial charge in [0.1, 0.15) is 0 Å². The fourth-order valence-electron chi connectivity index (χ4n) is 4.61. The predicted octanol–water partition coefficient (Wildman–Crippen LogP) is 4.57. The van der Waals surface area contributed by atoms with Gasteiger partial charge in [-0.3, -0.25) is 4.90 Å². The van der Waals surface area contributed by atoms with Crippen LogP contribution in [-0.4, -0.2) is 50.0 Å². The number of nitrogens with zero attached hydrogens (tertiary/aromatic N) is 1. The van der Waals surface area contributed by atoms with Crippen molar-refractivity contribution >= 4 is 9.84 Å². The van der Waals surface area contributed by atoms with E-state index in [9.17, 15) is 26.7 Å². The molecule has 1 aliphatic rings. The molecule has 0 radical (unpaired) electrons. The molecule has 2 aromatic carbocycles. The van der Waals surface area contributed by atoms with Crippen LogP contribution >= 0.6 is 0 Å². The highest BCUT2D eigenvalue weighted by Crippen LogP contribution is 2.47. The zero-order chi connectivity index (χ0) is 23.8. The summed E-state index contributed by atoms with van der Waals surface area (Å²) in [5.41, 5.74) is -0.0637. The molecule has 1 aliphatic heterocycles. The molecule has 0 aromatic heterocycles. The van der Waals surface area contributed by atoms with Crippen molar-refractivity contribution in [3.05, 3.63) is 65.7 Å². The Morgan fingerprint density at radius 3 is 2.19 bits per heavy atom. The van der Waals surface area contributed by atoms with E-state index < -0.39 is 33.1 Å². The fourth-order valence-corrected chi connectivity index (χ4v) is 5.24. The lowest BCUT2D eigenvalue weighted by molar-refractivity contribution is -0.239. The Bertz CT molecular complexity index is 1020. The van der Waals surface area contributed by atoms with Crippen LogP contribution in [0.3, 0.4) is 0 Å². The second-order valence-electron chi connectivity index (χ2n) is 9.32. The van der Waals surface area contributed by atoms with Gasteiger partial charge in [-0.15, -0.1) is 0 Å². The van der Waals surface area contributed by atoms with Crippen LogP contribution in [0.15, 0.2) is 59.5 Å². The maximum Gasteiger partial charge on any atom is 0.414 e. The molecule has 0 amide bonds. The molecule has 176 valence electrons. The van der Waals surface area contributed by atoms with E-state index in [0.717, 1.165) is 17.4 Å². The Balaban J connectivity index is 1.83. The highest BCUT2D eigenvalue weighted by Gasteiger charge is 2.56. The van der Waals surface area contributed by atoms with Crippen molar-refractivity contribution in [3.8, 4) is 0 Å². The molecule has 1 N–H and O–H groups in total. The van der Waals surface area contributed by atoms with Crippen LogP contribution in [0.5, 0.6) is 0 Å². The Kier molecular flexibility index (Phi) is 6.80. The number of likely N-dealkylation sites (tertiary alicyclic amines) is 1. The van der Waals surface area contributed by atoms with Crippen LogP contribution in [0, 0.1) is 5.41 Å². The Morgan fingerprint density at radius 1 is 1.06 bits per heavy atom. The lowest BCUT2D eigenvalue weighted by atomic mass is 9.75. The molecule has 0 aliphatic carbocycles. The van der Waals surface area contributed by atoms with Gasteiger partial charge < -0.3 is 5.11 Å². The minimum atomic E-state index is -4.72. The lowest BCUT2D eigenvalue weighted by Gasteiger charge is -2.40. The molecule has 1 fully saturated rings. The number of halogens is 3. The number of aliphatic hydroxyl groups excluding tert-OH is 1. The van der Waals surface area contributed by atoms with Crippen molar-refractivity contribution in [2.45, 2.75) is 55.8 Å². The average molecular weight is 470 g/mol. The molecule has 1 saturated heterocycles. The Labute approximate surface area is 188 Å². The van der Waals surface area contributed by atoms with Gasteiger partial charge in [-0.2, -0.15) is 13.2 Å². The van der Waals surface area contributed by atoms with Crippen LogP contribution in [0.4, 0.5) is 13.2 Å². The Morgan fingerprint density at radius 2 is 1.66 bits per heavy atom. The van der Waals surface area contributed by atoms with Crippen LogP contribution in [0.2, 0.25) is 0 Å². The third kappa shape index (κ3) is 5.18. The van der Waals surface area contributed by atoms with Gasteiger partial charge in [0.15, 0.2) is 15.9 Å². The number of hydrogen-bond donors (Lipinski definition) is 1. The largest absolute Gasteiger partial charge is 0.414 e. The van der Waals surface area contributed by atoms with Gasteiger partial charge in [-0.1, -0.05) is 42.5 Å². The molecule has 3 rings (SSSR count). The first-order valence-electron chi connectivity index (χ1n) is 10.6. The minimum Gasteiger partial charge on any atom is -0.383 e. The summed E-state index contributed by atoms with van der Waals surface area (Å²) < 4.78 is 64.3. The molecule has 32 heavy (non-hydrogen) atoms. The van der Waals surface area contributed by atoms with E-state index in [1.165, 1.54) is 12.1 Å². The first-order chi connectivity index (χ1) is 14.8. The summed E-state index contributed by atoms with van der Waals surface area (Å²) in [7, 11) is -3.34. The maximum atomic E-state index is 13.7. The van der Waals surface area contributed by atoms with E-state index in [0.29, 0.717) is 13.0 Å². The van der Waals surface area contributed by atoms with Crippen LogP contribution in [0.25, 0.3) is 0 Å². The highest BCUT2D eigenvalue weighted by atomic mass is 32.2. The standard InChI is InChI=1S/C24H30F3NO3S/c1-22(2,19-7-5-4-6-8-19)28-16-15-23(17-28,21(29)24(25,26)27)14-13-18-9-11-20(12-10-18)32(3,30)31/h4-12,21,29H,13-17H2,1-3H3/t21?,23-/m0/s1. The van der Waals surface area contributed by atoms with Crippen molar-refractivity contribution in [1.82, 2.24) is 4.90 Å². The number of aryl methyl sites for hydroxylation is 1. The summed E-state index contributed by atoms with van der Waals surface area (Å²) in [5.74, 6) is 0. The van der Waals surface area contributed by atoms with Gasteiger partial charge in [0.25, 0.3) is 0 Å². The number of alkyl halides is 3. The van der Waals surface area contributed by atoms with Crippen LogP contribution in [0.1, 0.15) is 37.8 Å². The van der Waals surface area contributed by atoms with Gasteiger partial charge in [-0.05, 0) is 62.9 Å². The number of rotatable bonds is 7. The van der Waals surface area contributed by atoms with Gasteiger partial charge >= 0.3 is 6.18 Å². The molecule has 0 spiro atoms. The second kappa shape index (κ2) is 8.80. The molecule has 4 nitrogen and oxygen atoms in total. The van der Waals surface area contributed by atoms with E-state index in [1.807, 2.05) is 49.1 Å². The van der Waals surface area contributed by atoms with E-state index in [1.54, 1.807) is 12.1 Å². The monoisotopic (exact) mass is 469 g/mol. The number of aliphatic hydroxyl groups is 1. The fraction of sp³-hybridized carbons (Fsp3) is 0.500. The molecule has 8 heteroatoms. The van der Waals surface area contributed by atoms with Crippen LogP contribution < -0.4 is 0 Å². The van der Waals surface area contributed by atoms with E-state index in [2.05, 4.69) is 0 Å². The number of sulfone groups is 1. The summed E-state index contributed by atoms with van der Waals surface area (Å²) in [6.07, 6.45) is -5.34. The summed E-state index contributed by atoms with van der Waals surface area (Å²) in [5, 5.41) is 10.4. The van der Waals surface area contributed by atoms with Crippen LogP contribution in [-0.2, 0) is 21.8 Å². The summed E-state index contributed by atoms with van der Waals surface area (Å²) in [4.78, 5) is 2.19. The van der Waals surface area contributed by atoms with Crippen molar-refractivity contribution in [3.63, 3.8) is 0 Å². The average Bonchev–Trinajstić information content (AvgIpc) is 3.18. The van der Waals surface area contributed by atoms with Gasteiger partial charge in [0.05, 0.1) is 4.90 Å². The molecule has 2 aromatic rings. The van der Waals surface area contributed by atoms with E-state index in [4.69, 9.17) is 0 Å². The number of hydrogen-bond acceptors (Lipinski definition) is 4. The van der Waals surface area contributed by atoms with Crippen molar-refractivity contribution in [2.24, 2.45) is 5.41 Å². The zero-order valence-electron chi connectivity index (χ0n) is 18.6. The normalized spacial score (nSPS) is 21.6. The number of benzene rings is 2. The summed E-state index contributed by atoms with van der Waals surface area (Å²) in [6, 6.07) is 15.8. The molecule has 1 unspecified atom stereocenters. The topological polar surface area (TPSA) is 57.6 Å². The summed E-state index contributed by atoms with van der Waals surface area (Å²) >= 11 is 0. The highest BCUT2D eigenvalue weighted by molar-refractivity contribution is 7.90. The smallest absolute Gasteiger partial charge is 0.383 e. The van der Waals surface area contributed by atoms with E-state index in [-0.39, 0.29) is 24.3 Å². The van der Waals surface area contributed by atoms with Crippen molar-refractivity contribution in [1.29, 1.82) is 0 Å². The first kappa shape index (κ1) is 24.7. The molecular weight excluding hydrogens is 439 g/mol. The lowest BCUT2D eigenvalue weighted by Crippen LogP contribution is -2.49. The maximum absolute atomic E-state index is 13.7. The summed E-state index contributed by atoms with van der Waals surface area (Å²) in [6.45, 7) is 4.55. The zero-order valence-corrected chi connectivity index (χ0v) is 19.4. The predicted molar refractivity (Wildman–Crippen MR) is 118 cm³/mol. The first-order valence-corrected chi connectivity index (χ1v) is 12.5. The third-order valence-electron chi connectivity index (χ3n) is 6.81. The molecule has 1 heterocycles. The second-order valence-corrected chi connectivity index (χ2v) is 11.3. The molecular formula is C24H30F3NO3S. The van der Waals surface area contributed by atoms with Gasteiger partial charge in [0, 0.05) is 23.8 Å². The van der Waals surface area contributed by atoms with E-state index >= 15 is 0 Å². The Hall–Kier alpha value is -1.90. The molecule has 0 saturated carbocycles. The molecule has 0 bridgehead atoms. The van der Waals surface area contributed by atoms with Crippen molar-refractivity contribution in [2.75, 3.05) is 19.3 Å². The SMILES string of the molecule is CC(C)(c1ccccc1)N1CC[C@](CCc2ccc(S(C)(=O)=O)cc2)(C(O)C(F)(F)F)C1. The van der Waals surface area contributed by atoms with Crippen molar-refractivity contribution < 1.29 is 26.7 Å².